The Morgan fingerprint density at radius 3 is 2.89 bits per heavy atom. The molecule has 0 spiro atoms. The van der Waals surface area contributed by atoms with Gasteiger partial charge in [0.1, 0.15) is 0 Å². The van der Waals surface area contributed by atoms with Crippen LogP contribution in [0, 0.1) is 5.92 Å². The Hall–Kier alpha value is -0.160. The van der Waals surface area contributed by atoms with Crippen molar-refractivity contribution in [3.05, 3.63) is 0 Å². The first-order chi connectivity index (χ1) is 9.31. The first-order valence-corrected chi connectivity index (χ1v) is 8.08. The highest BCUT2D eigenvalue weighted by atomic mass is 16.5. The van der Waals surface area contributed by atoms with Crippen LogP contribution in [0.25, 0.3) is 0 Å². The van der Waals surface area contributed by atoms with Crippen molar-refractivity contribution in [2.24, 2.45) is 5.92 Å². The minimum Gasteiger partial charge on any atom is -0.374 e. The Bertz CT molecular complexity index is 244. The highest BCUT2D eigenvalue weighted by Crippen LogP contribution is 2.13. The van der Waals surface area contributed by atoms with Gasteiger partial charge in [-0.25, -0.2) is 0 Å². The zero-order valence-corrected chi connectivity index (χ0v) is 12.7. The minimum atomic E-state index is 0.408. The van der Waals surface area contributed by atoms with Crippen molar-refractivity contribution in [3.63, 3.8) is 0 Å². The number of likely N-dealkylation sites (N-methyl/N-ethyl adjacent to an activating group) is 2. The average Bonchev–Trinajstić information content (AvgIpc) is 2.48. The molecule has 19 heavy (non-hydrogen) atoms. The number of morpholine rings is 1. The van der Waals surface area contributed by atoms with E-state index in [4.69, 9.17) is 4.74 Å². The highest BCUT2D eigenvalue weighted by molar-refractivity contribution is 4.77. The summed E-state index contributed by atoms with van der Waals surface area (Å²) in [7, 11) is 0. The van der Waals surface area contributed by atoms with Gasteiger partial charge in [0.2, 0.25) is 0 Å². The fourth-order valence-corrected chi connectivity index (χ4v) is 3.24. The monoisotopic (exact) mass is 269 g/mol. The molecular formula is C15H31N3O. The number of piperidine rings is 1. The maximum Gasteiger partial charge on any atom is 0.0829 e. The Morgan fingerprint density at radius 1 is 1.32 bits per heavy atom. The average molecular weight is 269 g/mol. The van der Waals surface area contributed by atoms with Crippen LogP contribution in [0.1, 0.15) is 26.7 Å². The summed E-state index contributed by atoms with van der Waals surface area (Å²) >= 11 is 0. The molecule has 2 aliphatic rings. The maximum absolute atomic E-state index is 5.93. The summed E-state index contributed by atoms with van der Waals surface area (Å²) in [4.78, 5) is 5.09. The third-order valence-corrected chi connectivity index (χ3v) is 4.49. The molecule has 0 aromatic rings. The van der Waals surface area contributed by atoms with Gasteiger partial charge in [-0.2, -0.15) is 0 Å². The lowest BCUT2D eigenvalue weighted by atomic mass is 9.99. The molecule has 0 saturated carbocycles. The molecule has 0 aromatic heterocycles. The van der Waals surface area contributed by atoms with Crippen LogP contribution in [0.5, 0.6) is 0 Å². The Labute approximate surface area is 118 Å². The molecule has 2 fully saturated rings. The van der Waals surface area contributed by atoms with E-state index in [9.17, 15) is 0 Å². The summed E-state index contributed by atoms with van der Waals surface area (Å²) in [6, 6.07) is 0. The van der Waals surface area contributed by atoms with Gasteiger partial charge in [-0.05, 0) is 44.9 Å². The highest BCUT2D eigenvalue weighted by Gasteiger charge is 2.23. The van der Waals surface area contributed by atoms with Gasteiger partial charge in [-0.15, -0.1) is 0 Å². The van der Waals surface area contributed by atoms with Crippen LogP contribution in [0.15, 0.2) is 0 Å². The molecule has 0 amide bonds. The van der Waals surface area contributed by atoms with E-state index in [1.54, 1.807) is 0 Å². The van der Waals surface area contributed by atoms with Crippen LogP contribution in [0.3, 0.4) is 0 Å². The predicted molar refractivity (Wildman–Crippen MR) is 79.6 cm³/mol. The van der Waals surface area contributed by atoms with E-state index in [0.717, 1.165) is 45.2 Å². The smallest absolute Gasteiger partial charge is 0.0829 e. The molecule has 0 aromatic carbocycles. The number of ether oxygens (including phenoxy) is 1. The van der Waals surface area contributed by atoms with Gasteiger partial charge in [-0.3, -0.25) is 4.90 Å². The number of hydrogen-bond acceptors (Lipinski definition) is 4. The van der Waals surface area contributed by atoms with Gasteiger partial charge in [0.25, 0.3) is 0 Å². The fourth-order valence-electron chi connectivity index (χ4n) is 3.24. The first-order valence-electron chi connectivity index (χ1n) is 8.08. The number of nitrogens with one attached hydrogen (secondary N) is 1. The Morgan fingerprint density at radius 2 is 2.21 bits per heavy atom. The van der Waals surface area contributed by atoms with Crippen molar-refractivity contribution in [2.45, 2.75) is 32.8 Å². The second kappa shape index (κ2) is 8.20. The molecule has 2 rings (SSSR count). The summed E-state index contributed by atoms with van der Waals surface area (Å²) in [5.41, 5.74) is 0. The molecule has 0 bridgehead atoms. The molecule has 2 aliphatic heterocycles. The van der Waals surface area contributed by atoms with E-state index in [-0.39, 0.29) is 0 Å². The van der Waals surface area contributed by atoms with E-state index < -0.39 is 0 Å². The Kier molecular flexibility index (Phi) is 6.57. The predicted octanol–water partition coefficient (Wildman–Crippen LogP) is 1.03. The third-order valence-electron chi connectivity index (χ3n) is 4.49. The SMILES string of the molecule is CCN1CCOC(CN(CC)CC2CCCNC2)C1. The fraction of sp³-hybridized carbons (Fsp3) is 1.00. The van der Waals surface area contributed by atoms with Gasteiger partial charge in [-0.1, -0.05) is 13.8 Å². The summed E-state index contributed by atoms with van der Waals surface area (Å²) in [5, 5.41) is 3.52. The normalized spacial score (nSPS) is 29.8. The van der Waals surface area contributed by atoms with Crippen LogP contribution < -0.4 is 5.32 Å². The number of nitrogens with zero attached hydrogens (tertiary/aromatic N) is 2. The van der Waals surface area contributed by atoms with Crippen molar-refractivity contribution in [3.8, 4) is 0 Å². The third kappa shape index (κ3) is 5.03. The van der Waals surface area contributed by atoms with Crippen molar-refractivity contribution >= 4 is 0 Å². The van der Waals surface area contributed by atoms with E-state index in [1.807, 2.05) is 0 Å². The van der Waals surface area contributed by atoms with Crippen LogP contribution >= 0.6 is 0 Å². The number of hydrogen-bond donors (Lipinski definition) is 1. The maximum atomic E-state index is 5.93. The topological polar surface area (TPSA) is 27.7 Å². The van der Waals surface area contributed by atoms with Crippen LogP contribution in [0.4, 0.5) is 0 Å². The van der Waals surface area contributed by atoms with Gasteiger partial charge >= 0.3 is 0 Å². The molecule has 0 aliphatic carbocycles. The summed E-state index contributed by atoms with van der Waals surface area (Å²) < 4.78 is 5.93. The second-order valence-corrected chi connectivity index (χ2v) is 5.95. The summed E-state index contributed by atoms with van der Waals surface area (Å²) in [5.74, 6) is 0.833. The lowest BCUT2D eigenvalue weighted by molar-refractivity contribution is -0.0430. The van der Waals surface area contributed by atoms with Crippen molar-refractivity contribution in [1.29, 1.82) is 0 Å². The molecular weight excluding hydrogens is 238 g/mol. The van der Waals surface area contributed by atoms with E-state index in [1.165, 1.54) is 32.5 Å². The quantitative estimate of drug-likeness (QED) is 0.779. The van der Waals surface area contributed by atoms with Crippen LogP contribution in [-0.4, -0.2) is 74.9 Å². The van der Waals surface area contributed by atoms with E-state index >= 15 is 0 Å². The van der Waals surface area contributed by atoms with Gasteiger partial charge in [0.05, 0.1) is 12.7 Å². The lowest BCUT2D eigenvalue weighted by Gasteiger charge is -2.36. The van der Waals surface area contributed by atoms with Crippen LogP contribution in [0.2, 0.25) is 0 Å². The number of rotatable bonds is 6. The molecule has 112 valence electrons. The van der Waals surface area contributed by atoms with Gasteiger partial charge < -0.3 is 15.0 Å². The summed E-state index contributed by atoms with van der Waals surface area (Å²) in [6.07, 6.45) is 3.13. The molecule has 4 heteroatoms. The second-order valence-electron chi connectivity index (χ2n) is 5.95. The van der Waals surface area contributed by atoms with Crippen molar-refractivity contribution in [2.75, 3.05) is 59.0 Å². The van der Waals surface area contributed by atoms with Crippen molar-refractivity contribution < 1.29 is 4.74 Å². The zero-order valence-electron chi connectivity index (χ0n) is 12.7. The van der Waals surface area contributed by atoms with E-state index in [2.05, 4.69) is 29.0 Å². The van der Waals surface area contributed by atoms with Crippen LogP contribution in [-0.2, 0) is 4.74 Å². The van der Waals surface area contributed by atoms with Crippen molar-refractivity contribution in [1.82, 2.24) is 15.1 Å². The lowest BCUT2D eigenvalue weighted by Crippen LogP contribution is -2.48. The molecule has 2 unspecified atom stereocenters. The largest absolute Gasteiger partial charge is 0.374 e. The Balaban J connectivity index is 1.74. The first kappa shape index (κ1) is 15.2. The van der Waals surface area contributed by atoms with Gasteiger partial charge in [0.15, 0.2) is 0 Å². The molecule has 4 nitrogen and oxygen atoms in total. The van der Waals surface area contributed by atoms with E-state index in [0.29, 0.717) is 6.10 Å². The van der Waals surface area contributed by atoms with Gasteiger partial charge in [0, 0.05) is 26.2 Å². The molecule has 2 heterocycles. The molecule has 1 N–H and O–H groups in total. The standard InChI is InChI=1S/C15H31N3O/c1-3-17-8-9-19-15(12-17)13-18(4-2)11-14-6-5-7-16-10-14/h14-16H,3-13H2,1-2H3. The summed E-state index contributed by atoms with van der Waals surface area (Å²) in [6.45, 7) is 14.7. The molecule has 0 radical (unpaired) electrons. The minimum absolute atomic E-state index is 0.408. The zero-order chi connectivity index (χ0) is 13.5. The molecule has 2 saturated heterocycles. The molecule has 2 atom stereocenters.